The molecule has 2 rings (SSSR count). The van der Waals surface area contributed by atoms with Crippen LogP contribution in [-0.2, 0) is 14.3 Å². The minimum Gasteiger partial charge on any atom is -0.444 e. The normalized spacial score (nSPS) is 16.1. The third kappa shape index (κ3) is 8.19. The summed E-state index contributed by atoms with van der Waals surface area (Å²) in [5, 5.41) is 5.81. The van der Waals surface area contributed by atoms with Gasteiger partial charge in [0.05, 0.1) is 0 Å². The zero-order chi connectivity index (χ0) is 25.3. The molecule has 0 saturated heterocycles. The Balaban J connectivity index is 2.34. The minimum atomic E-state index is -0.853. The first-order valence-corrected chi connectivity index (χ1v) is 12.4. The Kier molecular flexibility index (Phi) is 10.1. The fourth-order valence-electron chi connectivity index (χ4n) is 4.26. The summed E-state index contributed by atoms with van der Waals surface area (Å²) >= 11 is 0. The van der Waals surface area contributed by atoms with Crippen LogP contribution in [-0.4, -0.2) is 47.0 Å². The first kappa shape index (κ1) is 27.4. The number of alkyl carbamates (subject to hydrolysis) is 1. The van der Waals surface area contributed by atoms with E-state index in [1.807, 2.05) is 31.2 Å². The van der Waals surface area contributed by atoms with Crippen molar-refractivity contribution in [2.75, 3.05) is 6.54 Å². The van der Waals surface area contributed by atoms with Gasteiger partial charge in [0.2, 0.25) is 11.8 Å². The molecule has 1 fully saturated rings. The molecule has 2 unspecified atom stereocenters. The largest absolute Gasteiger partial charge is 0.444 e. The number of hydrogen-bond acceptors (Lipinski definition) is 4. The van der Waals surface area contributed by atoms with Crippen molar-refractivity contribution < 1.29 is 19.1 Å². The van der Waals surface area contributed by atoms with Crippen LogP contribution in [0.3, 0.4) is 0 Å². The number of hydrogen-bond donors (Lipinski definition) is 2. The maximum Gasteiger partial charge on any atom is 0.408 e. The van der Waals surface area contributed by atoms with Gasteiger partial charge in [0.1, 0.15) is 17.7 Å². The second-order valence-electron chi connectivity index (χ2n) is 10.0. The van der Waals surface area contributed by atoms with E-state index in [-0.39, 0.29) is 17.9 Å². The molecule has 0 aliphatic heterocycles. The predicted octanol–water partition coefficient (Wildman–Crippen LogP) is 4.97. The van der Waals surface area contributed by atoms with Gasteiger partial charge in [-0.2, -0.15) is 0 Å². The fourth-order valence-corrected chi connectivity index (χ4v) is 4.26. The summed E-state index contributed by atoms with van der Waals surface area (Å²) in [6, 6.07) is 5.98. The van der Waals surface area contributed by atoms with E-state index >= 15 is 0 Å². The molecule has 7 heteroatoms. The fraction of sp³-hybridized carbons (Fsp3) is 0.593. The lowest BCUT2D eigenvalue weighted by Gasteiger charge is -2.35. The lowest BCUT2D eigenvalue weighted by molar-refractivity contribution is -0.142. The Morgan fingerprint density at radius 1 is 1.21 bits per heavy atom. The smallest absolute Gasteiger partial charge is 0.408 e. The van der Waals surface area contributed by atoms with Crippen LogP contribution >= 0.6 is 0 Å². The highest BCUT2D eigenvalue weighted by Gasteiger charge is 2.35. The Hall–Kier alpha value is -2.83. The minimum absolute atomic E-state index is 0.113. The van der Waals surface area contributed by atoms with Crippen LogP contribution in [0.2, 0.25) is 0 Å². The number of rotatable bonds is 9. The Bertz CT molecular complexity index is 856. The van der Waals surface area contributed by atoms with Crippen molar-refractivity contribution in [3.63, 3.8) is 0 Å². The zero-order valence-corrected chi connectivity index (χ0v) is 21.4. The van der Waals surface area contributed by atoms with Gasteiger partial charge in [-0.05, 0) is 64.2 Å². The van der Waals surface area contributed by atoms with E-state index < -0.39 is 23.8 Å². The van der Waals surface area contributed by atoms with Crippen LogP contribution in [0.15, 0.2) is 30.8 Å². The van der Waals surface area contributed by atoms with Crippen molar-refractivity contribution in [3.8, 4) is 0 Å². The zero-order valence-electron chi connectivity index (χ0n) is 21.4. The molecular formula is C27H41N3O4. The summed E-state index contributed by atoms with van der Waals surface area (Å²) in [7, 11) is 0. The van der Waals surface area contributed by atoms with E-state index in [1.54, 1.807) is 38.7 Å². The first-order chi connectivity index (χ1) is 16.1. The lowest BCUT2D eigenvalue weighted by atomic mass is 9.94. The molecule has 1 aromatic carbocycles. The van der Waals surface area contributed by atoms with Crippen LogP contribution in [0.4, 0.5) is 4.79 Å². The summed E-state index contributed by atoms with van der Waals surface area (Å²) in [5.74, 6) is -0.528. The summed E-state index contributed by atoms with van der Waals surface area (Å²) in [6.07, 6.45) is 6.99. The predicted molar refractivity (Wildman–Crippen MR) is 135 cm³/mol. The molecule has 1 aliphatic carbocycles. The standard InChI is InChI=1S/C27H41N3O4/c1-7-17-30(25(32)19(3)28-26(33)34-27(4,5)6)23(21-14-12-13-20(8-2)18-21)24(31)29-22-15-10-9-11-16-22/h8,12-14,18-19,22-23H,2,7,9-11,15-17H2,1,3-6H3,(H,28,33)(H,29,31). The molecule has 1 aromatic rings. The molecule has 3 amide bonds. The number of nitrogens with one attached hydrogen (secondary N) is 2. The topological polar surface area (TPSA) is 87.7 Å². The van der Waals surface area contributed by atoms with Crippen molar-refractivity contribution in [1.29, 1.82) is 0 Å². The Labute approximate surface area is 204 Å². The third-order valence-electron chi connectivity index (χ3n) is 5.82. The van der Waals surface area contributed by atoms with Crippen molar-refractivity contribution in [1.82, 2.24) is 15.5 Å². The highest BCUT2D eigenvalue weighted by molar-refractivity contribution is 5.92. The molecule has 1 saturated carbocycles. The monoisotopic (exact) mass is 471 g/mol. The van der Waals surface area contributed by atoms with Crippen molar-refractivity contribution >= 4 is 24.0 Å². The van der Waals surface area contributed by atoms with Crippen LogP contribution in [0.5, 0.6) is 0 Å². The Morgan fingerprint density at radius 3 is 2.47 bits per heavy atom. The average molecular weight is 472 g/mol. The molecule has 7 nitrogen and oxygen atoms in total. The van der Waals surface area contributed by atoms with Crippen LogP contribution in [0.25, 0.3) is 6.08 Å². The molecule has 0 aromatic heterocycles. The lowest BCUT2D eigenvalue weighted by Crippen LogP contribution is -2.53. The highest BCUT2D eigenvalue weighted by atomic mass is 16.6. The molecule has 2 atom stereocenters. The van der Waals surface area contributed by atoms with Gasteiger partial charge in [-0.3, -0.25) is 9.59 Å². The Morgan fingerprint density at radius 2 is 1.88 bits per heavy atom. The summed E-state index contributed by atoms with van der Waals surface area (Å²) in [5.41, 5.74) is 0.914. The van der Waals surface area contributed by atoms with Crippen LogP contribution in [0, 0.1) is 0 Å². The van der Waals surface area contributed by atoms with E-state index in [2.05, 4.69) is 17.2 Å². The maximum atomic E-state index is 13.6. The first-order valence-electron chi connectivity index (χ1n) is 12.4. The third-order valence-corrected chi connectivity index (χ3v) is 5.82. The quantitative estimate of drug-likeness (QED) is 0.532. The number of carbonyl (C=O) groups is 3. The van der Waals surface area contributed by atoms with Crippen molar-refractivity contribution in [2.24, 2.45) is 0 Å². The molecule has 0 bridgehead atoms. The molecule has 2 N–H and O–H groups in total. The van der Waals surface area contributed by atoms with Gasteiger partial charge < -0.3 is 20.3 Å². The summed E-state index contributed by atoms with van der Waals surface area (Å²) < 4.78 is 5.31. The van der Waals surface area contributed by atoms with Gasteiger partial charge in [0, 0.05) is 12.6 Å². The van der Waals surface area contributed by atoms with Gasteiger partial charge in [0.15, 0.2) is 0 Å². The average Bonchev–Trinajstić information content (AvgIpc) is 2.77. The molecule has 188 valence electrons. The van der Waals surface area contributed by atoms with E-state index in [0.29, 0.717) is 13.0 Å². The van der Waals surface area contributed by atoms with Gasteiger partial charge >= 0.3 is 6.09 Å². The molecule has 0 spiro atoms. The molecule has 0 heterocycles. The number of carbonyl (C=O) groups excluding carboxylic acids is 3. The van der Waals surface area contributed by atoms with Gasteiger partial charge in [-0.25, -0.2) is 4.79 Å². The number of ether oxygens (including phenoxy) is 1. The molecule has 0 radical (unpaired) electrons. The molecular weight excluding hydrogens is 430 g/mol. The van der Waals surface area contributed by atoms with Crippen molar-refractivity contribution in [2.45, 2.75) is 96.9 Å². The number of amides is 3. The number of benzene rings is 1. The van der Waals surface area contributed by atoms with Crippen LogP contribution in [0.1, 0.15) is 90.3 Å². The second kappa shape index (κ2) is 12.6. The SMILES string of the molecule is C=Cc1cccc(C(C(=O)NC2CCCCC2)N(CCC)C(=O)C(C)NC(=O)OC(C)(C)C)c1. The molecule has 34 heavy (non-hydrogen) atoms. The summed E-state index contributed by atoms with van der Waals surface area (Å²) in [6.45, 7) is 13.1. The van der Waals surface area contributed by atoms with E-state index in [9.17, 15) is 14.4 Å². The van der Waals surface area contributed by atoms with Crippen LogP contribution < -0.4 is 10.6 Å². The van der Waals surface area contributed by atoms with Crippen molar-refractivity contribution in [3.05, 3.63) is 42.0 Å². The second-order valence-corrected chi connectivity index (χ2v) is 10.0. The van der Waals surface area contributed by atoms with E-state index in [0.717, 1.165) is 36.8 Å². The number of nitrogens with zero attached hydrogens (tertiary/aromatic N) is 1. The van der Waals surface area contributed by atoms with E-state index in [4.69, 9.17) is 4.74 Å². The maximum absolute atomic E-state index is 13.6. The van der Waals surface area contributed by atoms with Gasteiger partial charge in [0.25, 0.3) is 0 Å². The van der Waals surface area contributed by atoms with Gasteiger partial charge in [-0.1, -0.05) is 57.0 Å². The van der Waals surface area contributed by atoms with E-state index in [1.165, 1.54) is 6.42 Å². The van der Waals surface area contributed by atoms with Gasteiger partial charge in [-0.15, -0.1) is 0 Å². The summed E-state index contributed by atoms with van der Waals surface area (Å²) in [4.78, 5) is 41.0. The highest BCUT2D eigenvalue weighted by Crippen LogP contribution is 2.26. The molecule has 1 aliphatic rings.